The molecule has 2 aromatic rings. The van der Waals surface area contributed by atoms with Gasteiger partial charge in [0.2, 0.25) is 5.91 Å². The van der Waals surface area contributed by atoms with Crippen molar-refractivity contribution in [3.63, 3.8) is 0 Å². The van der Waals surface area contributed by atoms with Crippen LogP contribution in [0.15, 0.2) is 30.7 Å². The van der Waals surface area contributed by atoms with E-state index in [4.69, 9.17) is 4.98 Å². The standard InChI is InChI=1S/C17H20N4O/c1-12-19-10-16(14-5-7-18-8-6-14)17(20-12)15-4-3-9-21(11-15)13(2)22/h5-8,10,15H,3-4,9,11H2,1-2H3/t15-/m1/s1. The van der Waals surface area contributed by atoms with E-state index < -0.39 is 0 Å². The van der Waals surface area contributed by atoms with Gasteiger partial charge in [0.05, 0.1) is 5.69 Å². The van der Waals surface area contributed by atoms with Crippen LogP contribution in [0.3, 0.4) is 0 Å². The fraction of sp³-hybridized carbons (Fsp3) is 0.412. The Bertz CT molecular complexity index is 672. The lowest BCUT2D eigenvalue weighted by Gasteiger charge is -2.32. The van der Waals surface area contributed by atoms with Gasteiger partial charge in [-0.3, -0.25) is 9.78 Å². The van der Waals surface area contributed by atoms with Crippen LogP contribution in [-0.4, -0.2) is 38.8 Å². The topological polar surface area (TPSA) is 59.0 Å². The van der Waals surface area contributed by atoms with Crippen molar-refractivity contribution in [2.24, 2.45) is 0 Å². The van der Waals surface area contributed by atoms with Crippen molar-refractivity contribution in [1.29, 1.82) is 0 Å². The largest absolute Gasteiger partial charge is 0.342 e. The molecule has 5 nitrogen and oxygen atoms in total. The van der Waals surface area contributed by atoms with Crippen molar-refractivity contribution in [2.45, 2.75) is 32.6 Å². The maximum Gasteiger partial charge on any atom is 0.219 e. The van der Waals surface area contributed by atoms with Crippen molar-refractivity contribution < 1.29 is 4.79 Å². The second kappa shape index (κ2) is 6.22. The molecule has 0 aliphatic carbocycles. The second-order valence-electron chi connectivity index (χ2n) is 5.76. The van der Waals surface area contributed by atoms with E-state index in [1.807, 2.05) is 30.2 Å². The molecule has 5 heteroatoms. The fourth-order valence-corrected chi connectivity index (χ4v) is 3.04. The Morgan fingerprint density at radius 3 is 2.82 bits per heavy atom. The SMILES string of the molecule is CC(=O)N1CCC[C@@H](c2nc(C)ncc2-c2ccncc2)C1. The highest BCUT2D eigenvalue weighted by Crippen LogP contribution is 2.32. The van der Waals surface area contributed by atoms with Crippen LogP contribution in [0.25, 0.3) is 11.1 Å². The van der Waals surface area contributed by atoms with Gasteiger partial charge in [-0.1, -0.05) is 0 Å². The van der Waals surface area contributed by atoms with Gasteiger partial charge in [-0.15, -0.1) is 0 Å². The molecule has 1 saturated heterocycles. The summed E-state index contributed by atoms with van der Waals surface area (Å²) in [4.78, 5) is 26.7. The minimum atomic E-state index is 0.140. The second-order valence-corrected chi connectivity index (χ2v) is 5.76. The van der Waals surface area contributed by atoms with E-state index in [1.54, 1.807) is 19.3 Å². The van der Waals surface area contributed by atoms with Gasteiger partial charge in [-0.2, -0.15) is 0 Å². The van der Waals surface area contributed by atoms with Crippen molar-refractivity contribution in [2.75, 3.05) is 13.1 Å². The monoisotopic (exact) mass is 296 g/mol. The molecule has 22 heavy (non-hydrogen) atoms. The van der Waals surface area contributed by atoms with E-state index in [2.05, 4.69) is 9.97 Å². The minimum Gasteiger partial charge on any atom is -0.342 e. The molecule has 3 rings (SSSR count). The summed E-state index contributed by atoms with van der Waals surface area (Å²) in [7, 11) is 0. The first-order valence-corrected chi connectivity index (χ1v) is 7.64. The molecular weight excluding hydrogens is 276 g/mol. The molecule has 0 aromatic carbocycles. The number of pyridine rings is 1. The van der Waals surface area contributed by atoms with Crippen molar-refractivity contribution in [3.05, 3.63) is 42.2 Å². The Hall–Kier alpha value is -2.30. The molecule has 0 spiro atoms. The number of likely N-dealkylation sites (tertiary alicyclic amines) is 1. The number of aryl methyl sites for hydroxylation is 1. The summed E-state index contributed by atoms with van der Waals surface area (Å²) in [5.41, 5.74) is 3.16. The van der Waals surface area contributed by atoms with Crippen LogP contribution in [0.1, 0.15) is 37.2 Å². The molecule has 3 heterocycles. The smallest absolute Gasteiger partial charge is 0.219 e. The number of amides is 1. The van der Waals surface area contributed by atoms with E-state index in [9.17, 15) is 4.79 Å². The van der Waals surface area contributed by atoms with E-state index in [0.29, 0.717) is 0 Å². The number of aromatic nitrogens is 3. The molecule has 114 valence electrons. The molecule has 1 atom stereocenters. The van der Waals surface area contributed by atoms with E-state index in [1.165, 1.54) is 0 Å². The zero-order chi connectivity index (χ0) is 15.5. The number of piperidine rings is 1. The molecule has 1 amide bonds. The van der Waals surface area contributed by atoms with Crippen molar-refractivity contribution in [3.8, 4) is 11.1 Å². The summed E-state index contributed by atoms with van der Waals surface area (Å²) in [6, 6.07) is 3.95. The van der Waals surface area contributed by atoms with Crippen molar-refractivity contribution in [1.82, 2.24) is 19.9 Å². The number of rotatable bonds is 2. The molecule has 2 aromatic heterocycles. The number of nitrogens with zero attached hydrogens (tertiary/aromatic N) is 4. The van der Waals surface area contributed by atoms with Gasteiger partial charge in [0.25, 0.3) is 0 Å². The quantitative estimate of drug-likeness (QED) is 0.854. The number of hydrogen-bond acceptors (Lipinski definition) is 4. The number of carbonyl (C=O) groups is 1. The van der Waals surface area contributed by atoms with Gasteiger partial charge in [0.1, 0.15) is 5.82 Å². The molecule has 0 bridgehead atoms. The third-order valence-corrected chi connectivity index (χ3v) is 4.18. The molecule has 1 aliphatic heterocycles. The first-order chi connectivity index (χ1) is 10.6. The van der Waals surface area contributed by atoms with Crippen LogP contribution in [-0.2, 0) is 4.79 Å². The lowest BCUT2D eigenvalue weighted by molar-refractivity contribution is -0.130. The van der Waals surface area contributed by atoms with Crippen LogP contribution in [0.4, 0.5) is 0 Å². The zero-order valence-corrected chi connectivity index (χ0v) is 13.0. The third-order valence-electron chi connectivity index (χ3n) is 4.18. The van der Waals surface area contributed by atoms with Gasteiger partial charge in [0.15, 0.2) is 0 Å². The number of carbonyl (C=O) groups excluding carboxylic acids is 1. The first-order valence-electron chi connectivity index (χ1n) is 7.64. The molecule has 0 unspecified atom stereocenters. The Morgan fingerprint density at radius 2 is 2.09 bits per heavy atom. The van der Waals surface area contributed by atoms with Crippen LogP contribution in [0.5, 0.6) is 0 Å². The zero-order valence-electron chi connectivity index (χ0n) is 13.0. The van der Waals surface area contributed by atoms with Crippen molar-refractivity contribution >= 4 is 5.91 Å². The summed E-state index contributed by atoms with van der Waals surface area (Å²) < 4.78 is 0. The third kappa shape index (κ3) is 2.98. The fourth-order valence-electron chi connectivity index (χ4n) is 3.04. The predicted octanol–water partition coefficient (Wildman–Crippen LogP) is 2.57. The maximum absolute atomic E-state index is 11.7. The average Bonchev–Trinajstić information content (AvgIpc) is 2.55. The van der Waals surface area contributed by atoms with Crippen LogP contribution < -0.4 is 0 Å². The van der Waals surface area contributed by atoms with Gasteiger partial charge in [0, 0.05) is 50.1 Å². The number of hydrogen-bond donors (Lipinski definition) is 0. The highest BCUT2D eigenvalue weighted by molar-refractivity contribution is 5.73. The molecule has 1 fully saturated rings. The summed E-state index contributed by atoms with van der Waals surface area (Å²) in [6.07, 6.45) is 7.52. The Kier molecular flexibility index (Phi) is 4.13. The molecule has 1 aliphatic rings. The highest BCUT2D eigenvalue weighted by Gasteiger charge is 2.26. The minimum absolute atomic E-state index is 0.140. The van der Waals surface area contributed by atoms with Gasteiger partial charge >= 0.3 is 0 Å². The summed E-state index contributed by atoms with van der Waals surface area (Å²) in [5, 5.41) is 0. The van der Waals surface area contributed by atoms with E-state index in [-0.39, 0.29) is 11.8 Å². The highest BCUT2D eigenvalue weighted by atomic mass is 16.2. The summed E-state index contributed by atoms with van der Waals surface area (Å²) >= 11 is 0. The van der Waals surface area contributed by atoms with Crippen LogP contribution >= 0.6 is 0 Å². The maximum atomic E-state index is 11.7. The first kappa shape index (κ1) is 14.6. The Labute approximate surface area is 130 Å². The Balaban J connectivity index is 1.99. The molecule has 0 saturated carbocycles. The Morgan fingerprint density at radius 1 is 1.32 bits per heavy atom. The lowest BCUT2D eigenvalue weighted by atomic mass is 9.90. The van der Waals surface area contributed by atoms with E-state index >= 15 is 0 Å². The lowest BCUT2D eigenvalue weighted by Crippen LogP contribution is -2.38. The van der Waals surface area contributed by atoms with Crippen LogP contribution in [0.2, 0.25) is 0 Å². The van der Waals surface area contributed by atoms with Gasteiger partial charge in [-0.25, -0.2) is 9.97 Å². The van der Waals surface area contributed by atoms with Gasteiger partial charge in [-0.05, 0) is 37.5 Å². The summed E-state index contributed by atoms with van der Waals surface area (Å²) in [6.45, 7) is 5.13. The summed E-state index contributed by atoms with van der Waals surface area (Å²) in [5.74, 6) is 1.18. The average molecular weight is 296 g/mol. The van der Waals surface area contributed by atoms with Crippen LogP contribution in [0, 0.1) is 6.92 Å². The molecular formula is C17H20N4O. The molecule has 0 N–H and O–H groups in total. The predicted molar refractivity (Wildman–Crippen MR) is 84.2 cm³/mol. The normalized spacial score (nSPS) is 18.3. The van der Waals surface area contributed by atoms with E-state index in [0.717, 1.165) is 48.6 Å². The van der Waals surface area contributed by atoms with Gasteiger partial charge < -0.3 is 4.90 Å². The molecule has 0 radical (unpaired) electrons.